The maximum absolute atomic E-state index is 8.60. The number of nitrogens with one attached hydrogen (secondary N) is 1. The van der Waals surface area contributed by atoms with Gasteiger partial charge in [0.2, 0.25) is 0 Å². The molecule has 0 radical (unpaired) electrons. The second-order valence-electron chi connectivity index (χ2n) is 2.96. The molecule has 74 valence electrons. The summed E-state index contributed by atoms with van der Waals surface area (Å²) in [6, 6.07) is 9.02. The van der Waals surface area contributed by atoms with Crippen LogP contribution in [0.3, 0.4) is 0 Å². The van der Waals surface area contributed by atoms with Crippen molar-refractivity contribution in [3.05, 3.63) is 48.0 Å². The Balaban J connectivity index is 1.97. The highest BCUT2D eigenvalue weighted by Crippen LogP contribution is 2.12. The first-order chi connectivity index (χ1) is 7.38. The zero-order valence-corrected chi connectivity index (χ0v) is 7.97. The molecule has 0 spiro atoms. The lowest BCUT2D eigenvalue weighted by Gasteiger charge is -2.03. The number of aromatic nitrogens is 2. The van der Waals surface area contributed by atoms with Crippen LogP contribution in [0.15, 0.2) is 36.7 Å². The van der Waals surface area contributed by atoms with Gasteiger partial charge >= 0.3 is 0 Å². The van der Waals surface area contributed by atoms with Crippen molar-refractivity contribution in [2.75, 3.05) is 0 Å². The van der Waals surface area contributed by atoms with Crippen molar-refractivity contribution in [3.8, 4) is 11.8 Å². The van der Waals surface area contributed by atoms with Gasteiger partial charge < -0.3 is 9.72 Å². The highest BCUT2D eigenvalue weighted by Gasteiger charge is 1.97. The Bertz CT molecular complexity index is 454. The van der Waals surface area contributed by atoms with Gasteiger partial charge in [0, 0.05) is 12.4 Å². The third kappa shape index (κ3) is 2.35. The smallest absolute Gasteiger partial charge is 0.146 e. The quantitative estimate of drug-likeness (QED) is 0.820. The fourth-order valence-electron chi connectivity index (χ4n) is 1.15. The van der Waals surface area contributed by atoms with Crippen LogP contribution in [0.25, 0.3) is 0 Å². The highest BCUT2D eigenvalue weighted by molar-refractivity contribution is 5.34. The average molecular weight is 199 g/mol. The Kier molecular flexibility index (Phi) is 2.65. The van der Waals surface area contributed by atoms with E-state index in [9.17, 15) is 0 Å². The van der Waals surface area contributed by atoms with Crippen LogP contribution in [0.1, 0.15) is 11.4 Å². The molecule has 0 fully saturated rings. The molecule has 4 heteroatoms. The first-order valence-corrected chi connectivity index (χ1v) is 4.50. The lowest BCUT2D eigenvalue weighted by atomic mass is 10.2. The Morgan fingerprint density at radius 2 is 2.13 bits per heavy atom. The van der Waals surface area contributed by atoms with E-state index in [1.807, 2.05) is 6.07 Å². The molecule has 4 nitrogen and oxygen atoms in total. The Morgan fingerprint density at radius 3 is 2.73 bits per heavy atom. The molecule has 1 aromatic carbocycles. The van der Waals surface area contributed by atoms with Crippen LogP contribution in [0.2, 0.25) is 0 Å². The van der Waals surface area contributed by atoms with E-state index >= 15 is 0 Å². The summed E-state index contributed by atoms with van der Waals surface area (Å²) in [7, 11) is 0. The summed E-state index contributed by atoms with van der Waals surface area (Å²) in [5, 5.41) is 8.60. The maximum atomic E-state index is 8.60. The second kappa shape index (κ2) is 4.29. The van der Waals surface area contributed by atoms with Crippen LogP contribution in [0.5, 0.6) is 5.75 Å². The zero-order valence-electron chi connectivity index (χ0n) is 7.97. The molecular weight excluding hydrogens is 190 g/mol. The van der Waals surface area contributed by atoms with Gasteiger partial charge in [-0.1, -0.05) is 0 Å². The van der Waals surface area contributed by atoms with E-state index in [4.69, 9.17) is 10.00 Å². The first-order valence-electron chi connectivity index (χ1n) is 4.50. The van der Waals surface area contributed by atoms with Crippen molar-refractivity contribution >= 4 is 0 Å². The number of aromatic amines is 1. The molecule has 1 aromatic heterocycles. The van der Waals surface area contributed by atoms with Gasteiger partial charge in [-0.25, -0.2) is 4.98 Å². The molecule has 0 aliphatic rings. The minimum atomic E-state index is 0.402. The molecule has 0 bridgehead atoms. The standard InChI is InChI=1S/C11H9N3O/c12-7-9-1-3-10(4-2-9)15-8-11-13-5-6-14-11/h1-6H,8H2,(H,13,14). The summed E-state index contributed by atoms with van der Waals surface area (Å²) < 4.78 is 5.45. The number of benzene rings is 1. The summed E-state index contributed by atoms with van der Waals surface area (Å²) >= 11 is 0. The monoisotopic (exact) mass is 199 g/mol. The number of nitrogens with zero attached hydrogens (tertiary/aromatic N) is 2. The fraction of sp³-hybridized carbons (Fsp3) is 0.0909. The van der Waals surface area contributed by atoms with E-state index < -0.39 is 0 Å². The number of nitriles is 1. The predicted octanol–water partition coefficient (Wildman–Crippen LogP) is 1.86. The summed E-state index contributed by atoms with van der Waals surface area (Å²) in [5.74, 6) is 1.50. The number of rotatable bonds is 3. The van der Waals surface area contributed by atoms with Crippen LogP contribution >= 0.6 is 0 Å². The summed E-state index contributed by atoms with van der Waals surface area (Å²) in [4.78, 5) is 6.97. The molecule has 0 aliphatic carbocycles. The van der Waals surface area contributed by atoms with E-state index in [0.29, 0.717) is 12.2 Å². The SMILES string of the molecule is N#Cc1ccc(OCc2ncc[nH]2)cc1. The Morgan fingerprint density at radius 1 is 1.33 bits per heavy atom. The van der Waals surface area contributed by atoms with Crippen LogP contribution in [-0.4, -0.2) is 9.97 Å². The molecule has 1 N–H and O–H groups in total. The Hall–Kier alpha value is -2.28. The van der Waals surface area contributed by atoms with Gasteiger partial charge in [0.05, 0.1) is 11.6 Å². The fourth-order valence-corrected chi connectivity index (χ4v) is 1.15. The van der Waals surface area contributed by atoms with Crippen LogP contribution in [-0.2, 0) is 6.61 Å². The van der Waals surface area contributed by atoms with Crippen LogP contribution in [0.4, 0.5) is 0 Å². The average Bonchev–Trinajstić information content (AvgIpc) is 2.80. The molecule has 2 rings (SSSR count). The van der Waals surface area contributed by atoms with E-state index in [2.05, 4.69) is 9.97 Å². The summed E-state index contributed by atoms with van der Waals surface area (Å²) in [6.07, 6.45) is 3.43. The second-order valence-corrected chi connectivity index (χ2v) is 2.96. The third-order valence-electron chi connectivity index (χ3n) is 1.91. The maximum Gasteiger partial charge on any atom is 0.146 e. The third-order valence-corrected chi connectivity index (χ3v) is 1.91. The van der Waals surface area contributed by atoms with Crippen LogP contribution in [0, 0.1) is 11.3 Å². The van der Waals surface area contributed by atoms with Gasteiger partial charge in [-0.05, 0) is 24.3 Å². The molecule has 0 aliphatic heterocycles. The predicted molar refractivity (Wildman–Crippen MR) is 54.1 cm³/mol. The van der Waals surface area contributed by atoms with E-state index in [-0.39, 0.29) is 0 Å². The highest BCUT2D eigenvalue weighted by atomic mass is 16.5. The topological polar surface area (TPSA) is 61.7 Å². The lowest BCUT2D eigenvalue weighted by Crippen LogP contribution is -1.97. The lowest BCUT2D eigenvalue weighted by molar-refractivity contribution is 0.297. The van der Waals surface area contributed by atoms with Gasteiger partial charge in [-0.15, -0.1) is 0 Å². The number of imidazole rings is 1. The van der Waals surface area contributed by atoms with Crippen molar-refractivity contribution < 1.29 is 4.74 Å². The van der Waals surface area contributed by atoms with E-state index in [0.717, 1.165) is 11.6 Å². The molecule has 0 saturated carbocycles. The van der Waals surface area contributed by atoms with Crippen molar-refractivity contribution in [1.82, 2.24) is 9.97 Å². The molecule has 15 heavy (non-hydrogen) atoms. The number of hydrogen-bond donors (Lipinski definition) is 1. The molecule has 0 amide bonds. The Labute approximate surface area is 87.2 Å². The first kappa shape index (κ1) is 9.28. The van der Waals surface area contributed by atoms with E-state index in [1.165, 1.54) is 0 Å². The summed E-state index contributed by atoms with van der Waals surface area (Å²) in [5.41, 5.74) is 0.625. The van der Waals surface area contributed by atoms with E-state index in [1.54, 1.807) is 36.7 Å². The number of H-pyrrole nitrogens is 1. The van der Waals surface area contributed by atoms with Crippen molar-refractivity contribution in [3.63, 3.8) is 0 Å². The zero-order chi connectivity index (χ0) is 10.5. The van der Waals surface area contributed by atoms with Crippen molar-refractivity contribution in [2.45, 2.75) is 6.61 Å². The normalized spacial score (nSPS) is 9.53. The molecule has 0 unspecified atom stereocenters. The van der Waals surface area contributed by atoms with Crippen molar-refractivity contribution in [2.24, 2.45) is 0 Å². The molecule has 0 saturated heterocycles. The molecular formula is C11H9N3O. The van der Waals surface area contributed by atoms with Gasteiger partial charge in [-0.2, -0.15) is 5.26 Å². The number of ether oxygens (including phenoxy) is 1. The number of hydrogen-bond acceptors (Lipinski definition) is 3. The van der Waals surface area contributed by atoms with Crippen molar-refractivity contribution in [1.29, 1.82) is 5.26 Å². The van der Waals surface area contributed by atoms with Crippen LogP contribution < -0.4 is 4.74 Å². The van der Waals surface area contributed by atoms with Gasteiger partial charge in [-0.3, -0.25) is 0 Å². The molecule has 1 heterocycles. The largest absolute Gasteiger partial charge is 0.486 e. The minimum absolute atomic E-state index is 0.402. The summed E-state index contributed by atoms with van der Waals surface area (Å²) in [6.45, 7) is 0.402. The van der Waals surface area contributed by atoms with Gasteiger partial charge in [0.25, 0.3) is 0 Å². The van der Waals surface area contributed by atoms with Gasteiger partial charge in [0.1, 0.15) is 18.2 Å². The van der Waals surface area contributed by atoms with Gasteiger partial charge in [0.15, 0.2) is 0 Å². The molecule has 0 atom stereocenters. The minimum Gasteiger partial charge on any atom is -0.486 e. The molecule has 2 aromatic rings.